The summed E-state index contributed by atoms with van der Waals surface area (Å²) in [6.45, 7) is 2.79. The molecule has 3 N–H and O–H groups in total. The lowest BCUT2D eigenvalue weighted by Gasteiger charge is -2.39. The minimum absolute atomic E-state index is 0.235. The van der Waals surface area contributed by atoms with E-state index in [1.807, 2.05) is 6.92 Å². The lowest BCUT2D eigenvalue weighted by molar-refractivity contribution is -0.0911. The summed E-state index contributed by atoms with van der Waals surface area (Å²) >= 11 is 0. The van der Waals surface area contributed by atoms with Crippen LogP contribution in [0.25, 0.3) is 0 Å². The highest BCUT2D eigenvalue weighted by Gasteiger charge is 2.39. The number of nitrogens with zero attached hydrogens (tertiary/aromatic N) is 2. The number of aromatic nitrogens is 2. The number of ether oxygens (including phenoxy) is 2. The van der Waals surface area contributed by atoms with Crippen LogP contribution in [0.2, 0.25) is 0 Å². The van der Waals surface area contributed by atoms with Gasteiger partial charge in [0.05, 0.1) is 18.8 Å². The van der Waals surface area contributed by atoms with Gasteiger partial charge in [-0.2, -0.15) is 0 Å². The molecule has 18 heavy (non-hydrogen) atoms. The van der Waals surface area contributed by atoms with Crippen molar-refractivity contribution >= 4 is 0 Å². The van der Waals surface area contributed by atoms with Crippen molar-refractivity contribution < 1.29 is 9.47 Å². The highest BCUT2D eigenvalue weighted by Crippen LogP contribution is 2.37. The van der Waals surface area contributed by atoms with Crippen molar-refractivity contribution in [1.82, 2.24) is 15.4 Å². The van der Waals surface area contributed by atoms with Crippen LogP contribution in [0.3, 0.4) is 0 Å². The topological polar surface area (TPSA) is 82.3 Å². The zero-order chi connectivity index (χ0) is 13.0. The second kappa shape index (κ2) is 5.60. The van der Waals surface area contributed by atoms with Crippen LogP contribution in [-0.4, -0.2) is 29.3 Å². The van der Waals surface area contributed by atoms with Crippen LogP contribution >= 0.6 is 0 Å². The van der Waals surface area contributed by atoms with E-state index in [-0.39, 0.29) is 11.6 Å². The van der Waals surface area contributed by atoms with E-state index in [0.29, 0.717) is 11.6 Å². The summed E-state index contributed by atoms with van der Waals surface area (Å²) in [5.74, 6) is 6.17. The van der Waals surface area contributed by atoms with Crippen molar-refractivity contribution in [3.8, 4) is 5.88 Å². The first-order chi connectivity index (χ1) is 8.71. The summed E-state index contributed by atoms with van der Waals surface area (Å²) in [6, 6.07) is -0.235. The van der Waals surface area contributed by atoms with Crippen LogP contribution in [0, 0.1) is 0 Å². The second-order valence-corrected chi connectivity index (χ2v) is 4.67. The maximum atomic E-state index is 5.91. The number of nitrogens with one attached hydrogen (secondary N) is 1. The summed E-state index contributed by atoms with van der Waals surface area (Å²) in [5, 5.41) is 0. The molecule has 1 saturated heterocycles. The zero-order valence-corrected chi connectivity index (χ0v) is 10.8. The third-order valence-corrected chi connectivity index (χ3v) is 3.43. The van der Waals surface area contributed by atoms with E-state index in [4.69, 9.17) is 15.3 Å². The van der Waals surface area contributed by atoms with E-state index in [0.717, 1.165) is 25.9 Å². The molecule has 6 heteroatoms. The quantitative estimate of drug-likeness (QED) is 0.613. The maximum absolute atomic E-state index is 5.91. The molecular weight excluding hydrogens is 232 g/mol. The first kappa shape index (κ1) is 13.2. The molecule has 1 aliphatic heterocycles. The molecule has 0 saturated carbocycles. The van der Waals surface area contributed by atoms with Crippen molar-refractivity contribution in [3.05, 3.63) is 18.1 Å². The Bertz CT molecular complexity index is 393. The van der Waals surface area contributed by atoms with Crippen LogP contribution in [0.1, 0.15) is 37.9 Å². The largest absolute Gasteiger partial charge is 0.480 e. The molecule has 2 unspecified atom stereocenters. The van der Waals surface area contributed by atoms with Gasteiger partial charge in [-0.1, -0.05) is 0 Å². The summed E-state index contributed by atoms with van der Waals surface area (Å²) in [7, 11) is 1.57. The Morgan fingerprint density at radius 2 is 2.22 bits per heavy atom. The molecule has 0 bridgehead atoms. The van der Waals surface area contributed by atoms with Crippen molar-refractivity contribution in [1.29, 1.82) is 0 Å². The van der Waals surface area contributed by atoms with E-state index < -0.39 is 0 Å². The van der Waals surface area contributed by atoms with Gasteiger partial charge in [0.15, 0.2) is 0 Å². The Balaban J connectivity index is 2.32. The molecule has 0 radical (unpaired) electrons. The number of hydrogen-bond acceptors (Lipinski definition) is 6. The Hall–Kier alpha value is -1.24. The smallest absolute Gasteiger partial charge is 0.237 e. The monoisotopic (exact) mass is 252 g/mol. The molecule has 2 rings (SSSR count). The van der Waals surface area contributed by atoms with Gasteiger partial charge in [-0.3, -0.25) is 10.8 Å². The number of methoxy groups -OCH3 is 1. The average Bonchev–Trinajstić information content (AvgIpc) is 2.40. The summed E-state index contributed by atoms with van der Waals surface area (Å²) < 4.78 is 11.1. The minimum Gasteiger partial charge on any atom is -0.480 e. The number of hydrazine groups is 1. The first-order valence-corrected chi connectivity index (χ1v) is 6.16. The molecule has 0 amide bonds. The molecular formula is C12H20N4O2. The Morgan fingerprint density at radius 1 is 1.44 bits per heavy atom. The van der Waals surface area contributed by atoms with Gasteiger partial charge in [-0.05, 0) is 26.2 Å². The predicted molar refractivity (Wildman–Crippen MR) is 66.9 cm³/mol. The molecule has 1 aliphatic rings. The average molecular weight is 252 g/mol. The lowest BCUT2D eigenvalue weighted by Crippen LogP contribution is -2.48. The van der Waals surface area contributed by atoms with Crippen molar-refractivity contribution in [2.75, 3.05) is 13.7 Å². The van der Waals surface area contributed by atoms with Crippen molar-refractivity contribution in [2.24, 2.45) is 5.84 Å². The number of rotatable bonds is 4. The lowest BCUT2D eigenvalue weighted by atomic mass is 9.86. The van der Waals surface area contributed by atoms with E-state index in [1.165, 1.54) is 0 Å². The fraction of sp³-hybridized carbons (Fsp3) is 0.667. The van der Waals surface area contributed by atoms with Crippen LogP contribution in [0.5, 0.6) is 5.88 Å². The fourth-order valence-corrected chi connectivity index (χ4v) is 2.42. The first-order valence-electron chi connectivity index (χ1n) is 6.16. The Kier molecular flexibility index (Phi) is 4.11. The molecule has 1 aromatic heterocycles. The van der Waals surface area contributed by atoms with Crippen LogP contribution < -0.4 is 16.0 Å². The van der Waals surface area contributed by atoms with Crippen LogP contribution in [0.4, 0.5) is 0 Å². The highest BCUT2D eigenvalue weighted by molar-refractivity contribution is 5.24. The van der Waals surface area contributed by atoms with E-state index in [9.17, 15) is 0 Å². The van der Waals surface area contributed by atoms with Crippen molar-refractivity contribution in [3.63, 3.8) is 0 Å². The molecule has 1 aromatic rings. The van der Waals surface area contributed by atoms with Crippen LogP contribution in [0.15, 0.2) is 12.4 Å². The molecule has 2 heterocycles. The number of nitrogens with two attached hydrogens (primary N) is 1. The third-order valence-electron chi connectivity index (χ3n) is 3.43. The summed E-state index contributed by atoms with van der Waals surface area (Å²) in [5.41, 5.74) is 3.10. The van der Waals surface area contributed by atoms with Gasteiger partial charge < -0.3 is 9.47 Å². The molecule has 6 nitrogen and oxygen atoms in total. The molecule has 0 aliphatic carbocycles. The maximum Gasteiger partial charge on any atom is 0.237 e. The predicted octanol–water partition coefficient (Wildman–Crippen LogP) is 0.949. The fourth-order valence-electron chi connectivity index (χ4n) is 2.42. The van der Waals surface area contributed by atoms with Gasteiger partial charge in [0.1, 0.15) is 5.69 Å². The SMILES string of the molecule is COc1nccnc1C(NN)C1(C)CCCCO1. The standard InChI is InChI=1S/C12H20N4O2/c1-12(5-3-4-8-18-12)10(16-13)9-11(17-2)15-7-6-14-9/h6-7,10,16H,3-5,8,13H2,1-2H3. The van der Waals surface area contributed by atoms with Crippen LogP contribution in [-0.2, 0) is 4.74 Å². The van der Waals surface area contributed by atoms with Gasteiger partial charge in [-0.25, -0.2) is 10.4 Å². The van der Waals surface area contributed by atoms with Gasteiger partial charge >= 0.3 is 0 Å². The minimum atomic E-state index is -0.379. The van der Waals surface area contributed by atoms with E-state index >= 15 is 0 Å². The molecule has 2 atom stereocenters. The third kappa shape index (κ3) is 2.45. The molecule has 1 fully saturated rings. The van der Waals surface area contributed by atoms with Gasteiger partial charge in [0, 0.05) is 19.0 Å². The summed E-state index contributed by atoms with van der Waals surface area (Å²) in [4.78, 5) is 8.49. The zero-order valence-electron chi connectivity index (χ0n) is 10.8. The molecule has 0 aromatic carbocycles. The van der Waals surface area contributed by atoms with Crippen molar-refractivity contribution in [2.45, 2.75) is 37.8 Å². The Labute approximate surface area is 107 Å². The summed E-state index contributed by atoms with van der Waals surface area (Å²) in [6.07, 6.45) is 6.37. The van der Waals surface area contributed by atoms with E-state index in [1.54, 1.807) is 19.5 Å². The molecule has 100 valence electrons. The Morgan fingerprint density at radius 3 is 2.83 bits per heavy atom. The number of hydrogen-bond donors (Lipinski definition) is 2. The van der Waals surface area contributed by atoms with Gasteiger partial charge in [-0.15, -0.1) is 0 Å². The van der Waals surface area contributed by atoms with Gasteiger partial charge in [0.25, 0.3) is 0 Å². The van der Waals surface area contributed by atoms with E-state index in [2.05, 4.69) is 15.4 Å². The van der Waals surface area contributed by atoms with Gasteiger partial charge in [0.2, 0.25) is 5.88 Å². The normalized spacial score (nSPS) is 25.7. The second-order valence-electron chi connectivity index (χ2n) is 4.67. The molecule has 0 spiro atoms. The highest BCUT2D eigenvalue weighted by atomic mass is 16.5.